The Kier molecular flexibility index (Phi) is 3.64. The van der Waals surface area contributed by atoms with Crippen LogP contribution in [0.1, 0.15) is 30.1 Å². The van der Waals surface area contributed by atoms with Gasteiger partial charge in [0.15, 0.2) is 0 Å². The van der Waals surface area contributed by atoms with Crippen molar-refractivity contribution in [2.75, 3.05) is 13.1 Å². The summed E-state index contributed by atoms with van der Waals surface area (Å²) in [5.41, 5.74) is -0.387. The first-order valence-electron chi connectivity index (χ1n) is 5.89. The van der Waals surface area contributed by atoms with E-state index < -0.39 is 5.60 Å². The van der Waals surface area contributed by atoms with Crippen LogP contribution >= 0.6 is 15.9 Å². The third-order valence-corrected chi connectivity index (χ3v) is 3.81. The molecule has 0 radical (unpaired) electrons. The summed E-state index contributed by atoms with van der Waals surface area (Å²) in [4.78, 5) is 13.9. The minimum absolute atomic E-state index is 0.0134. The number of halogens is 1. The summed E-state index contributed by atoms with van der Waals surface area (Å²) in [6.45, 7) is 2.81. The number of piperidine rings is 1. The Morgan fingerprint density at radius 1 is 1.39 bits per heavy atom. The molecular formula is C13H16BrNO3. The number of hydrogen-bond donors (Lipinski definition) is 2. The van der Waals surface area contributed by atoms with Crippen LogP contribution in [0.3, 0.4) is 0 Å². The molecule has 1 amide bonds. The van der Waals surface area contributed by atoms with Crippen LogP contribution in [0.4, 0.5) is 0 Å². The highest BCUT2D eigenvalue weighted by Gasteiger charge is 2.30. The van der Waals surface area contributed by atoms with Crippen LogP contribution in [-0.2, 0) is 0 Å². The van der Waals surface area contributed by atoms with Crippen molar-refractivity contribution in [3.05, 3.63) is 28.2 Å². The van der Waals surface area contributed by atoms with E-state index in [0.717, 1.165) is 4.47 Å². The number of carbonyl (C=O) groups excluding carboxylic acids is 1. The van der Waals surface area contributed by atoms with Gasteiger partial charge in [-0.1, -0.05) is 15.9 Å². The summed E-state index contributed by atoms with van der Waals surface area (Å²) in [5, 5.41) is 19.6. The van der Waals surface area contributed by atoms with Crippen molar-refractivity contribution in [3.63, 3.8) is 0 Å². The molecule has 98 valence electrons. The topological polar surface area (TPSA) is 60.8 Å². The van der Waals surface area contributed by atoms with Crippen LogP contribution in [0.2, 0.25) is 0 Å². The molecule has 1 aromatic carbocycles. The standard InChI is InChI=1S/C13H16BrNO3/c1-13(18)4-6-15(7-5-13)12(17)10-8-9(14)2-3-11(10)16/h2-3,8,16,18H,4-7H2,1H3. The molecule has 0 atom stereocenters. The van der Waals surface area contributed by atoms with Gasteiger partial charge in [-0.05, 0) is 38.0 Å². The molecule has 1 aliphatic rings. The first kappa shape index (κ1) is 13.4. The van der Waals surface area contributed by atoms with E-state index in [-0.39, 0.29) is 11.7 Å². The van der Waals surface area contributed by atoms with Gasteiger partial charge in [-0.2, -0.15) is 0 Å². The summed E-state index contributed by atoms with van der Waals surface area (Å²) in [6, 6.07) is 4.80. The molecule has 1 aliphatic heterocycles. The van der Waals surface area contributed by atoms with Gasteiger partial charge in [0.1, 0.15) is 5.75 Å². The molecular weight excluding hydrogens is 298 g/mol. The second kappa shape index (κ2) is 4.90. The van der Waals surface area contributed by atoms with E-state index >= 15 is 0 Å². The predicted octanol–water partition coefficient (Wildman–Crippen LogP) is 2.14. The Morgan fingerprint density at radius 2 is 2.00 bits per heavy atom. The molecule has 1 fully saturated rings. The molecule has 0 aromatic heterocycles. The quantitative estimate of drug-likeness (QED) is 0.835. The first-order valence-corrected chi connectivity index (χ1v) is 6.68. The van der Waals surface area contributed by atoms with Crippen molar-refractivity contribution < 1.29 is 15.0 Å². The Bertz CT molecular complexity index is 463. The fraction of sp³-hybridized carbons (Fsp3) is 0.462. The van der Waals surface area contributed by atoms with Gasteiger partial charge >= 0.3 is 0 Å². The summed E-state index contributed by atoms with van der Waals surface area (Å²) >= 11 is 3.28. The number of aromatic hydroxyl groups is 1. The SMILES string of the molecule is CC1(O)CCN(C(=O)c2cc(Br)ccc2O)CC1. The van der Waals surface area contributed by atoms with Crippen molar-refractivity contribution in [1.29, 1.82) is 0 Å². The average molecular weight is 314 g/mol. The lowest BCUT2D eigenvalue weighted by Gasteiger charge is -2.35. The molecule has 0 saturated carbocycles. The number of phenols is 1. The summed E-state index contributed by atoms with van der Waals surface area (Å²) < 4.78 is 0.757. The maximum atomic E-state index is 12.2. The van der Waals surface area contributed by atoms with Crippen LogP contribution in [0.15, 0.2) is 22.7 Å². The van der Waals surface area contributed by atoms with Crippen LogP contribution in [0, 0.1) is 0 Å². The van der Waals surface area contributed by atoms with E-state index in [9.17, 15) is 15.0 Å². The predicted molar refractivity (Wildman–Crippen MR) is 71.6 cm³/mol. The Hall–Kier alpha value is -1.07. The van der Waals surface area contributed by atoms with Gasteiger partial charge in [0.25, 0.3) is 5.91 Å². The van der Waals surface area contributed by atoms with Crippen molar-refractivity contribution in [2.24, 2.45) is 0 Å². The van der Waals surface area contributed by atoms with Gasteiger partial charge in [0.05, 0.1) is 11.2 Å². The summed E-state index contributed by atoms with van der Waals surface area (Å²) in [7, 11) is 0. The van der Waals surface area contributed by atoms with Crippen molar-refractivity contribution in [3.8, 4) is 5.75 Å². The van der Waals surface area contributed by atoms with E-state index in [4.69, 9.17) is 0 Å². The Balaban J connectivity index is 2.15. The number of carbonyl (C=O) groups is 1. The number of amides is 1. The number of nitrogens with zero attached hydrogens (tertiary/aromatic N) is 1. The van der Waals surface area contributed by atoms with Crippen LogP contribution in [0.5, 0.6) is 5.75 Å². The van der Waals surface area contributed by atoms with E-state index in [1.165, 1.54) is 6.07 Å². The highest BCUT2D eigenvalue weighted by atomic mass is 79.9. The van der Waals surface area contributed by atoms with E-state index in [0.29, 0.717) is 31.5 Å². The second-order valence-electron chi connectivity index (χ2n) is 4.95. The van der Waals surface area contributed by atoms with Gasteiger partial charge in [0.2, 0.25) is 0 Å². The second-order valence-corrected chi connectivity index (χ2v) is 5.87. The molecule has 0 unspecified atom stereocenters. The summed E-state index contributed by atoms with van der Waals surface area (Å²) in [6.07, 6.45) is 1.13. The zero-order valence-corrected chi connectivity index (χ0v) is 11.8. The van der Waals surface area contributed by atoms with E-state index in [1.807, 2.05) is 0 Å². The Morgan fingerprint density at radius 3 is 2.61 bits per heavy atom. The maximum Gasteiger partial charge on any atom is 0.257 e. The average Bonchev–Trinajstić information content (AvgIpc) is 2.31. The summed E-state index contributed by atoms with van der Waals surface area (Å²) in [5.74, 6) is -0.204. The smallest absolute Gasteiger partial charge is 0.257 e. The van der Waals surface area contributed by atoms with Gasteiger partial charge in [-0.25, -0.2) is 0 Å². The number of hydrogen-bond acceptors (Lipinski definition) is 3. The number of likely N-dealkylation sites (tertiary alicyclic amines) is 1. The molecule has 18 heavy (non-hydrogen) atoms. The van der Waals surface area contributed by atoms with E-state index in [1.54, 1.807) is 24.0 Å². The van der Waals surface area contributed by atoms with Crippen LogP contribution in [-0.4, -0.2) is 39.7 Å². The largest absolute Gasteiger partial charge is 0.507 e. The normalized spacial score (nSPS) is 18.7. The first-order chi connectivity index (χ1) is 8.39. The molecule has 0 spiro atoms. The van der Waals surface area contributed by atoms with Crippen molar-refractivity contribution >= 4 is 21.8 Å². The molecule has 5 heteroatoms. The molecule has 1 saturated heterocycles. The third kappa shape index (κ3) is 2.84. The maximum absolute atomic E-state index is 12.2. The lowest BCUT2D eigenvalue weighted by molar-refractivity contribution is -0.00208. The minimum Gasteiger partial charge on any atom is -0.507 e. The zero-order valence-electron chi connectivity index (χ0n) is 10.2. The molecule has 2 rings (SSSR count). The molecule has 1 aromatic rings. The van der Waals surface area contributed by atoms with Gasteiger partial charge < -0.3 is 15.1 Å². The molecule has 0 aliphatic carbocycles. The van der Waals surface area contributed by atoms with Gasteiger partial charge in [-0.3, -0.25) is 4.79 Å². The Labute approximate surface area is 114 Å². The van der Waals surface area contributed by atoms with Crippen LogP contribution < -0.4 is 0 Å². The van der Waals surface area contributed by atoms with Crippen molar-refractivity contribution in [1.82, 2.24) is 4.90 Å². The number of aliphatic hydroxyl groups is 1. The van der Waals surface area contributed by atoms with Crippen molar-refractivity contribution in [2.45, 2.75) is 25.4 Å². The molecule has 0 bridgehead atoms. The molecule has 1 heterocycles. The monoisotopic (exact) mass is 313 g/mol. The number of rotatable bonds is 1. The third-order valence-electron chi connectivity index (χ3n) is 3.32. The lowest BCUT2D eigenvalue weighted by atomic mass is 9.93. The zero-order chi connectivity index (χ0) is 13.3. The van der Waals surface area contributed by atoms with Gasteiger partial charge in [-0.15, -0.1) is 0 Å². The highest BCUT2D eigenvalue weighted by Crippen LogP contribution is 2.26. The molecule has 2 N–H and O–H groups in total. The number of benzene rings is 1. The van der Waals surface area contributed by atoms with Gasteiger partial charge in [0, 0.05) is 17.6 Å². The number of phenolic OH excluding ortho intramolecular Hbond substituents is 1. The lowest BCUT2D eigenvalue weighted by Crippen LogP contribution is -2.45. The van der Waals surface area contributed by atoms with Crippen LogP contribution in [0.25, 0.3) is 0 Å². The fourth-order valence-electron chi connectivity index (χ4n) is 2.04. The fourth-order valence-corrected chi connectivity index (χ4v) is 2.40. The molecule has 4 nitrogen and oxygen atoms in total. The highest BCUT2D eigenvalue weighted by molar-refractivity contribution is 9.10. The van der Waals surface area contributed by atoms with E-state index in [2.05, 4.69) is 15.9 Å². The minimum atomic E-state index is -0.684.